The van der Waals surface area contributed by atoms with Gasteiger partial charge in [0.2, 0.25) is 0 Å². The maximum atomic E-state index is 12.5. The second kappa shape index (κ2) is 8.32. The number of amides is 2. The van der Waals surface area contributed by atoms with Crippen LogP contribution in [0.5, 0.6) is 0 Å². The molecule has 1 N–H and O–H groups in total. The highest BCUT2D eigenvalue weighted by Gasteiger charge is 2.32. The monoisotopic (exact) mass is 344 g/mol. The molecule has 1 fully saturated rings. The fourth-order valence-corrected chi connectivity index (χ4v) is 2.84. The van der Waals surface area contributed by atoms with Crippen LogP contribution in [0.4, 0.5) is 18.0 Å². The summed E-state index contributed by atoms with van der Waals surface area (Å²) in [6.45, 7) is 2.40. The Morgan fingerprint density at radius 3 is 2.58 bits per heavy atom. The van der Waals surface area contributed by atoms with Crippen molar-refractivity contribution < 1.29 is 18.0 Å². The number of carbonyl (C=O) groups is 1. The largest absolute Gasteiger partial charge is 0.401 e. The molecule has 2 rings (SSSR count). The van der Waals surface area contributed by atoms with Crippen LogP contribution in [-0.4, -0.2) is 59.7 Å². The minimum Gasteiger partial charge on any atom is -0.331 e. The first-order valence-electron chi connectivity index (χ1n) is 8.13. The second-order valence-electron chi connectivity index (χ2n) is 5.92. The third-order valence-electron chi connectivity index (χ3n) is 4.09. The molecule has 1 aliphatic heterocycles. The van der Waals surface area contributed by atoms with Crippen LogP contribution in [0.1, 0.15) is 31.4 Å². The van der Waals surface area contributed by atoms with E-state index in [1.807, 2.05) is 19.1 Å². The molecule has 134 valence electrons. The van der Waals surface area contributed by atoms with Gasteiger partial charge in [-0.25, -0.2) is 4.79 Å². The number of hydrogen-bond acceptors (Lipinski definition) is 3. The van der Waals surface area contributed by atoms with Crippen LogP contribution in [0.2, 0.25) is 0 Å². The zero-order valence-corrected chi connectivity index (χ0v) is 13.7. The summed E-state index contributed by atoms with van der Waals surface area (Å²) in [5.41, 5.74) is 0.967. The minimum absolute atomic E-state index is 0.130. The first-order valence-corrected chi connectivity index (χ1v) is 8.13. The standard InChI is InChI=1S/C16H23F3N4O/c1-2-14(13-4-6-20-7-5-13)21-15(24)23-9-3-8-22(10-11-23)12-16(17,18)19/h4-7,14H,2-3,8-12H2,1H3,(H,21,24)/t14-/m0/s1. The Labute approximate surface area is 139 Å². The summed E-state index contributed by atoms with van der Waals surface area (Å²) in [5, 5.41) is 2.96. The molecule has 0 bridgehead atoms. The molecular formula is C16H23F3N4O. The zero-order valence-electron chi connectivity index (χ0n) is 13.7. The summed E-state index contributed by atoms with van der Waals surface area (Å²) in [5.74, 6) is 0. The Morgan fingerprint density at radius 1 is 1.25 bits per heavy atom. The van der Waals surface area contributed by atoms with Crippen LogP contribution >= 0.6 is 0 Å². The number of aromatic nitrogens is 1. The van der Waals surface area contributed by atoms with Crippen molar-refractivity contribution in [3.05, 3.63) is 30.1 Å². The molecule has 0 aromatic carbocycles. The average molecular weight is 344 g/mol. The molecule has 8 heteroatoms. The number of pyridine rings is 1. The van der Waals surface area contributed by atoms with Crippen molar-refractivity contribution >= 4 is 6.03 Å². The van der Waals surface area contributed by atoms with Gasteiger partial charge in [0.05, 0.1) is 12.6 Å². The summed E-state index contributed by atoms with van der Waals surface area (Å²) in [4.78, 5) is 19.4. The molecule has 1 aromatic heterocycles. The highest BCUT2D eigenvalue weighted by atomic mass is 19.4. The maximum Gasteiger partial charge on any atom is 0.401 e. The number of alkyl halides is 3. The van der Waals surface area contributed by atoms with E-state index in [1.165, 1.54) is 4.90 Å². The zero-order chi connectivity index (χ0) is 17.6. The van der Waals surface area contributed by atoms with Crippen LogP contribution in [0.25, 0.3) is 0 Å². The second-order valence-corrected chi connectivity index (χ2v) is 5.92. The van der Waals surface area contributed by atoms with Gasteiger partial charge in [-0.3, -0.25) is 9.88 Å². The summed E-state index contributed by atoms with van der Waals surface area (Å²) >= 11 is 0. The first kappa shape index (κ1) is 18.5. The fraction of sp³-hybridized carbons (Fsp3) is 0.625. The van der Waals surface area contributed by atoms with Crippen molar-refractivity contribution in [2.75, 3.05) is 32.7 Å². The van der Waals surface area contributed by atoms with Gasteiger partial charge >= 0.3 is 12.2 Å². The Kier molecular flexibility index (Phi) is 6.42. The number of rotatable bonds is 4. The van der Waals surface area contributed by atoms with Gasteiger partial charge in [0, 0.05) is 38.6 Å². The molecule has 1 saturated heterocycles. The Balaban J connectivity index is 1.90. The van der Waals surface area contributed by atoms with Crippen LogP contribution in [0.3, 0.4) is 0 Å². The minimum atomic E-state index is -4.20. The molecule has 5 nitrogen and oxygen atoms in total. The van der Waals surface area contributed by atoms with Crippen molar-refractivity contribution in [3.63, 3.8) is 0 Å². The quantitative estimate of drug-likeness (QED) is 0.914. The van der Waals surface area contributed by atoms with Gasteiger partial charge in [0.15, 0.2) is 0 Å². The lowest BCUT2D eigenvalue weighted by atomic mass is 10.1. The van der Waals surface area contributed by atoms with Crippen molar-refractivity contribution in [2.24, 2.45) is 0 Å². The topological polar surface area (TPSA) is 48.5 Å². The molecule has 1 aromatic rings. The van der Waals surface area contributed by atoms with E-state index in [9.17, 15) is 18.0 Å². The van der Waals surface area contributed by atoms with Gasteiger partial charge in [-0.15, -0.1) is 0 Å². The first-order chi connectivity index (χ1) is 11.4. The molecule has 0 unspecified atom stereocenters. The van der Waals surface area contributed by atoms with Gasteiger partial charge in [-0.05, 0) is 30.5 Å². The predicted octanol–water partition coefficient (Wildman–Crippen LogP) is 2.81. The molecule has 0 spiro atoms. The number of nitrogens with zero attached hydrogens (tertiary/aromatic N) is 3. The summed E-state index contributed by atoms with van der Waals surface area (Å²) in [6.07, 6.45) is 0.404. The molecular weight excluding hydrogens is 321 g/mol. The number of hydrogen-bond donors (Lipinski definition) is 1. The van der Waals surface area contributed by atoms with E-state index in [-0.39, 0.29) is 18.6 Å². The number of halogens is 3. The van der Waals surface area contributed by atoms with E-state index < -0.39 is 12.7 Å². The molecule has 0 saturated carbocycles. The van der Waals surface area contributed by atoms with Crippen LogP contribution < -0.4 is 5.32 Å². The van der Waals surface area contributed by atoms with Crippen LogP contribution in [0, 0.1) is 0 Å². The Bertz CT molecular complexity index is 524. The molecule has 2 heterocycles. The summed E-state index contributed by atoms with van der Waals surface area (Å²) < 4.78 is 37.5. The third kappa shape index (κ3) is 5.67. The molecule has 1 atom stereocenters. The molecule has 0 aliphatic carbocycles. The van der Waals surface area contributed by atoms with Crippen molar-refractivity contribution in [2.45, 2.75) is 32.0 Å². The van der Waals surface area contributed by atoms with Gasteiger partial charge in [-0.1, -0.05) is 6.92 Å². The molecule has 2 amide bonds. The van der Waals surface area contributed by atoms with Gasteiger partial charge in [-0.2, -0.15) is 13.2 Å². The highest BCUT2D eigenvalue weighted by Crippen LogP contribution is 2.19. The normalized spacial score (nSPS) is 18.1. The van der Waals surface area contributed by atoms with E-state index in [1.54, 1.807) is 17.3 Å². The van der Waals surface area contributed by atoms with Crippen LogP contribution in [-0.2, 0) is 0 Å². The van der Waals surface area contributed by atoms with Gasteiger partial charge in [0.1, 0.15) is 0 Å². The lowest BCUT2D eigenvalue weighted by molar-refractivity contribution is -0.145. The SMILES string of the molecule is CC[C@H](NC(=O)N1CCCN(CC(F)(F)F)CC1)c1ccncc1. The molecule has 0 radical (unpaired) electrons. The summed E-state index contributed by atoms with van der Waals surface area (Å²) in [6, 6.07) is 3.34. The number of nitrogens with one attached hydrogen (secondary N) is 1. The number of carbonyl (C=O) groups excluding carboxylic acids is 1. The van der Waals surface area contributed by atoms with E-state index in [2.05, 4.69) is 10.3 Å². The van der Waals surface area contributed by atoms with E-state index in [0.29, 0.717) is 26.1 Å². The predicted molar refractivity (Wildman–Crippen MR) is 84.5 cm³/mol. The number of urea groups is 1. The van der Waals surface area contributed by atoms with Gasteiger partial charge in [0.25, 0.3) is 0 Å². The average Bonchev–Trinajstić information content (AvgIpc) is 2.77. The van der Waals surface area contributed by atoms with Crippen molar-refractivity contribution in [1.82, 2.24) is 20.1 Å². The van der Waals surface area contributed by atoms with E-state index in [4.69, 9.17) is 0 Å². The lowest BCUT2D eigenvalue weighted by Gasteiger charge is -2.25. The van der Waals surface area contributed by atoms with Crippen molar-refractivity contribution in [1.29, 1.82) is 0 Å². The van der Waals surface area contributed by atoms with Crippen LogP contribution in [0.15, 0.2) is 24.5 Å². The Morgan fingerprint density at radius 2 is 1.96 bits per heavy atom. The van der Waals surface area contributed by atoms with E-state index >= 15 is 0 Å². The fourth-order valence-electron chi connectivity index (χ4n) is 2.84. The van der Waals surface area contributed by atoms with E-state index in [0.717, 1.165) is 12.0 Å². The summed E-state index contributed by atoms with van der Waals surface area (Å²) in [7, 11) is 0. The molecule has 1 aliphatic rings. The van der Waals surface area contributed by atoms with Crippen molar-refractivity contribution in [3.8, 4) is 0 Å². The Hall–Kier alpha value is -1.83. The third-order valence-corrected chi connectivity index (χ3v) is 4.09. The maximum absolute atomic E-state index is 12.5. The van der Waals surface area contributed by atoms with Gasteiger partial charge < -0.3 is 10.2 Å². The highest BCUT2D eigenvalue weighted by molar-refractivity contribution is 5.74. The molecule has 24 heavy (non-hydrogen) atoms. The smallest absolute Gasteiger partial charge is 0.331 e. The lowest BCUT2D eigenvalue weighted by Crippen LogP contribution is -2.44.